The molecule has 0 spiro atoms. The second-order valence-corrected chi connectivity index (χ2v) is 10.2. The maximum absolute atomic E-state index is 13.3. The Hall–Kier alpha value is -3.48. The van der Waals surface area contributed by atoms with Gasteiger partial charge in [0.15, 0.2) is 5.78 Å². The van der Waals surface area contributed by atoms with Crippen molar-refractivity contribution in [2.75, 3.05) is 31.1 Å². The monoisotopic (exact) mass is 547 g/mol. The molecule has 2 aliphatic rings. The number of hydrogen-bond acceptors (Lipinski definition) is 4. The van der Waals surface area contributed by atoms with Gasteiger partial charge in [0, 0.05) is 54.4 Å². The van der Waals surface area contributed by atoms with E-state index in [1.165, 1.54) is 0 Å². The van der Waals surface area contributed by atoms with Gasteiger partial charge in [-0.1, -0.05) is 55.0 Å². The minimum absolute atomic E-state index is 0.0127. The van der Waals surface area contributed by atoms with E-state index in [0.29, 0.717) is 50.3 Å². The zero-order valence-electron chi connectivity index (χ0n) is 23.2. The van der Waals surface area contributed by atoms with Crippen LogP contribution in [-0.2, 0) is 17.9 Å². The lowest BCUT2D eigenvalue weighted by molar-refractivity contribution is -0.119. The minimum atomic E-state index is 0.0127. The molecule has 0 atom stereocenters. The van der Waals surface area contributed by atoms with Crippen molar-refractivity contribution in [2.45, 2.75) is 46.7 Å². The van der Waals surface area contributed by atoms with E-state index in [4.69, 9.17) is 11.6 Å². The van der Waals surface area contributed by atoms with Gasteiger partial charge in [-0.05, 0) is 61.7 Å². The normalized spacial score (nSPS) is 15.4. The second kappa shape index (κ2) is 14.6. The van der Waals surface area contributed by atoms with Gasteiger partial charge in [-0.2, -0.15) is 0 Å². The Bertz CT molecular complexity index is 1240. The molecule has 0 saturated heterocycles. The summed E-state index contributed by atoms with van der Waals surface area (Å²) in [6, 6.07) is 13.1. The number of benzene rings is 2. The largest absolute Gasteiger partial charge is 0.331 e. The van der Waals surface area contributed by atoms with Crippen molar-refractivity contribution >= 4 is 34.9 Å². The van der Waals surface area contributed by atoms with E-state index in [1.807, 2.05) is 87.5 Å². The standard InChI is InChI=1S/C28H31N3O3.C4H7Cl/c1-3-5-14-29-19-24-17-23(26(32)4-2)12-13-25(24)31(27(33)20-29)18-21-8-10-22(11-9-21)28(34)30-15-6-7-16-30;1-3-4(2)5/h3,6-13,17H,1,4-5,14-16,18-20H2,2H3;3H,1-2H3/b;4-3+. The molecule has 39 heavy (non-hydrogen) atoms. The summed E-state index contributed by atoms with van der Waals surface area (Å²) in [7, 11) is 0. The second-order valence-electron chi connectivity index (χ2n) is 9.64. The first kappa shape index (κ1) is 30.1. The molecule has 0 aromatic heterocycles. The lowest BCUT2D eigenvalue weighted by Crippen LogP contribution is -2.37. The molecule has 0 aliphatic carbocycles. The number of halogens is 1. The van der Waals surface area contributed by atoms with Crippen LogP contribution in [0.5, 0.6) is 0 Å². The summed E-state index contributed by atoms with van der Waals surface area (Å²) in [5.41, 5.74) is 4.08. The number of nitrogens with zero attached hydrogens (tertiary/aromatic N) is 3. The average molecular weight is 548 g/mol. The summed E-state index contributed by atoms with van der Waals surface area (Å²) in [4.78, 5) is 43.9. The first-order valence-corrected chi connectivity index (χ1v) is 13.8. The molecule has 0 N–H and O–H groups in total. The fourth-order valence-corrected chi connectivity index (χ4v) is 4.43. The predicted molar refractivity (Wildman–Crippen MR) is 159 cm³/mol. The van der Waals surface area contributed by atoms with Crippen LogP contribution in [0.4, 0.5) is 5.69 Å². The molecular formula is C32H38ClN3O3. The minimum Gasteiger partial charge on any atom is -0.331 e. The van der Waals surface area contributed by atoms with E-state index in [2.05, 4.69) is 11.5 Å². The lowest BCUT2D eigenvalue weighted by Gasteiger charge is -2.24. The quantitative estimate of drug-likeness (QED) is 0.285. The Morgan fingerprint density at radius 2 is 1.67 bits per heavy atom. The number of carbonyl (C=O) groups is 3. The summed E-state index contributed by atoms with van der Waals surface area (Å²) >= 11 is 5.32. The number of fused-ring (bicyclic) bond motifs is 1. The van der Waals surface area contributed by atoms with E-state index in [9.17, 15) is 14.4 Å². The van der Waals surface area contributed by atoms with Gasteiger partial charge >= 0.3 is 0 Å². The fourth-order valence-electron chi connectivity index (χ4n) is 4.43. The highest BCUT2D eigenvalue weighted by atomic mass is 35.5. The Kier molecular flexibility index (Phi) is 11.3. The Labute approximate surface area is 237 Å². The van der Waals surface area contributed by atoms with E-state index in [-0.39, 0.29) is 17.6 Å². The smallest absolute Gasteiger partial charge is 0.254 e. The van der Waals surface area contributed by atoms with E-state index < -0.39 is 0 Å². The molecule has 4 rings (SSSR count). The van der Waals surface area contributed by atoms with Crippen LogP contribution in [0.25, 0.3) is 0 Å². The van der Waals surface area contributed by atoms with Crippen molar-refractivity contribution in [3.05, 3.63) is 101 Å². The number of rotatable bonds is 8. The van der Waals surface area contributed by atoms with Crippen LogP contribution in [0.2, 0.25) is 0 Å². The van der Waals surface area contributed by atoms with Crippen LogP contribution in [0.15, 0.2) is 78.4 Å². The van der Waals surface area contributed by atoms with E-state index >= 15 is 0 Å². The number of hydrogen-bond donors (Lipinski definition) is 0. The third-order valence-electron chi connectivity index (χ3n) is 6.76. The first-order valence-electron chi connectivity index (χ1n) is 13.4. The highest BCUT2D eigenvalue weighted by Crippen LogP contribution is 2.29. The number of Topliss-reactive ketones (excluding diaryl/α,β-unsaturated/α-hetero) is 1. The number of amides is 2. The van der Waals surface area contributed by atoms with E-state index in [1.54, 1.807) is 9.80 Å². The molecule has 2 aromatic carbocycles. The average Bonchev–Trinajstić information content (AvgIpc) is 3.45. The van der Waals surface area contributed by atoms with Crippen molar-refractivity contribution < 1.29 is 14.4 Å². The summed E-state index contributed by atoms with van der Waals surface area (Å²) < 4.78 is 0. The molecule has 7 heteroatoms. The lowest BCUT2D eigenvalue weighted by atomic mass is 10.0. The zero-order chi connectivity index (χ0) is 28.4. The molecule has 6 nitrogen and oxygen atoms in total. The van der Waals surface area contributed by atoms with Crippen molar-refractivity contribution in [1.82, 2.24) is 9.80 Å². The molecule has 0 unspecified atom stereocenters. The summed E-state index contributed by atoms with van der Waals surface area (Å²) in [6.45, 7) is 12.7. The molecular weight excluding hydrogens is 510 g/mol. The van der Waals surface area contributed by atoms with Gasteiger partial charge in [-0.3, -0.25) is 19.3 Å². The number of carbonyl (C=O) groups excluding carboxylic acids is 3. The van der Waals surface area contributed by atoms with Gasteiger partial charge in [0.25, 0.3) is 5.91 Å². The van der Waals surface area contributed by atoms with Gasteiger partial charge in [-0.25, -0.2) is 0 Å². The first-order chi connectivity index (χ1) is 18.8. The molecule has 206 valence electrons. The highest BCUT2D eigenvalue weighted by Gasteiger charge is 2.27. The van der Waals surface area contributed by atoms with Gasteiger partial charge in [0.1, 0.15) is 0 Å². The van der Waals surface area contributed by atoms with Crippen LogP contribution in [0.3, 0.4) is 0 Å². The van der Waals surface area contributed by atoms with E-state index in [0.717, 1.165) is 34.8 Å². The topological polar surface area (TPSA) is 60.9 Å². The van der Waals surface area contributed by atoms with Crippen molar-refractivity contribution in [1.29, 1.82) is 0 Å². The number of ketones is 1. The van der Waals surface area contributed by atoms with Crippen molar-refractivity contribution in [2.24, 2.45) is 0 Å². The molecule has 0 radical (unpaired) electrons. The maximum atomic E-state index is 13.3. The van der Waals surface area contributed by atoms with Gasteiger partial charge < -0.3 is 9.80 Å². The molecule has 2 amide bonds. The molecule has 2 aromatic rings. The molecule has 0 fully saturated rings. The van der Waals surface area contributed by atoms with Crippen molar-refractivity contribution in [3.8, 4) is 0 Å². The fraction of sp³-hybridized carbons (Fsp3) is 0.344. The van der Waals surface area contributed by atoms with Crippen LogP contribution in [0.1, 0.15) is 65.5 Å². The molecule has 2 heterocycles. The van der Waals surface area contributed by atoms with Crippen LogP contribution >= 0.6 is 11.6 Å². The SMILES string of the molecule is C/C=C(\C)Cl.C=CCCN1CC(=O)N(Cc2ccc(C(=O)N3CC=CC3)cc2)c2ccc(C(=O)CC)cc2C1. The predicted octanol–water partition coefficient (Wildman–Crippen LogP) is 6.37. The Morgan fingerprint density at radius 3 is 2.26 bits per heavy atom. The van der Waals surface area contributed by atoms with Crippen molar-refractivity contribution in [3.63, 3.8) is 0 Å². The third-order valence-corrected chi connectivity index (χ3v) is 6.98. The summed E-state index contributed by atoms with van der Waals surface area (Å²) in [5, 5.41) is 0.852. The maximum Gasteiger partial charge on any atom is 0.254 e. The summed E-state index contributed by atoms with van der Waals surface area (Å²) in [6.07, 6.45) is 8.92. The molecule has 0 saturated carbocycles. The van der Waals surface area contributed by atoms with Gasteiger partial charge in [-0.15, -0.1) is 6.58 Å². The van der Waals surface area contributed by atoms with Crippen LogP contribution < -0.4 is 4.90 Å². The molecule has 2 aliphatic heterocycles. The van der Waals surface area contributed by atoms with Gasteiger partial charge in [0.2, 0.25) is 5.91 Å². The Morgan fingerprint density at radius 1 is 1.03 bits per heavy atom. The number of anilines is 1. The third kappa shape index (κ3) is 8.25. The molecule has 0 bridgehead atoms. The summed E-state index contributed by atoms with van der Waals surface area (Å²) in [5.74, 6) is 0.121. The Balaban J connectivity index is 0.000000771. The number of allylic oxidation sites excluding steroid dienone is 2. The highest BCUT2D eigenvalue weighted by molar-refractivity contribution is 6.29. The van der Waals surface area contributed by atoms with Crippen LogP contribution in [0, 0.1) is 0 Å². The van der Waals surface area contributed by atoms with Crippen LogP contribution in [-0.4, -0.2) is 53.6 Å². The van der Waals surface area contributed by atoms with Gasteiger partial charge in [0.05, 0.1) is 13.1 Å². The zero-order valence-corrected chi connectivity index (χ0v) is 23.9.